The van der Waals surface area contributed by atoms with Gasteiger partial charge in [-0.25, -0.2) is 4.68 Å². The lowest BCUT2D eigenvalue weighted by atomic mass is 10.0. The number of aryl methyl sites for hydroxylation is 1. The number of hydrogen-bond acceptors (Lipinski definition) is 4. The second kappa shape index (κ2) is 9.24. The minimum Gasteiger partial charge on any atom is -0.368 e. The molecular formula is C22H32N4O2. The summed E-state index contributed by atoms with van der Waals surface area (Å²) in [5.74, 6) is 0. The molecule has 152 valence electrons. The standard InChI is InChI=1S/C22H32N4O2/c1-4-5-6-7-11-14-25-21(27)19(16(2)23-25)15-20-17(3)24-26(22(20)28)18-12-9-8-10-13-18/h4-5,9,12,15,18,21,24,27H,6-8,10-11,13-14H2,1-3H3/b5-4-,19-15-. The molecule has 2 aliphatic rings. The number of nitrogens with one attached hydrogen (secondary N) is 1. The van der Waals surface area contributed by atoms with Gasteiger partial charge < -0.3 is 5.11 Å². The van der Waals surface area contributed by atoms with Crippen molar-refractivity contribution in [2.75, 3.05) is 6.54 Å². The molecule has 1 aliphatic heterocycles. The van der Waals surface area contributed by atoms with Crippen LogP contribution in [0.15, 0.2) is 39.8 Å². The lowest BCUT2D eigenvalue weighted by Gasteiger charge is -2.19. The number of H-pyrrole nitrogens is 1. The number of aromatic amines is 1. The molecule has 0 bridgehead atoms. The molecule has 0 aromatic carbocycles. The first-order valence-corrected chi connectivity index (χ1v) is 10.3. The Balaban J connectivity index is 1.75. The molecule has 0 spiro atoms. The fraction of sp³-hybridized carbons (Fsp3) is 0.545. The fourth-order valence-corrected chi connectivity index (χ4v) is 3.86. The zero-order chi connectivity index (χ0) is 20.1. The minimum atomic E-state index is -0.793. The Morgan fingerprint density at radius 1 is 1.36 bits per heavy atom. The van der Waals surface area contributed by atoms with Crippen molar-refractivity contribution in [2.45, 2.75) is 71.6 Å². The molecule has 0 radical (unpaired) electrons. The highest BCUT2D eigenvalue weighted by Crippen LogP contribution is 2.24. The molecule has 6 heteroatoms. The van der Waals surface area contributed by atoms with E-state index < -0.39 is 6.23 Å². The monoisotopic (exact) mass is 384 g/mol. The largest absolute Gasteiger partial charge is 0.368 e. The zero-order valence-corrected chi connectivity index (χ0v) is 17.2. The van der Waals surface area contributed by atoms with Gasteiger partial charge in [0.2, 0.25) is 0 Å². The smallest absolute Gasteiger partial charge is 0.274 e. The van der Waals surface area contributed by atoms with E-state index in [1.165, 1.54) is 0 Å². The first-order valence-electron chi connectivity index (χ1n) is 10.3. The van der Waals surface area contributed by atoms with Crippen molar-refractivity contribution in [1.82, 2.24) is 14.8 Å². The number of aromatic nitrogens is 2. The molecular weight excluding hydrogens is 352 g/mol. The molecule has 3 rings (SSSR count). The third-order valence-electron chi connectivity index (χ3n) is 5.50. The van der Waals surface area contributed by atoms with Gasteiger partial charge >= 0.3 is 0 Å². The lowest BCUT2D eigenvalue weighted by Crippen LogP contribution is -2.29. The highest BCUT2D eigenvalue weighted by Gasteiger charge is 2.28. The van der Waals surface area contributed by atoms with Crippen LogP contribution in [-0.4, -0.2) is 38.4 Å². The van der Waals surface area contributed by atoms with Gasteiger partial charge in [-0.2, -0.15) is 5.10 Å². The minimum absolute atomic E-state index is 0.0358. The first-order chi connectivity index (χ1) is 13.5. The number of hydrogen-bond donors (Lipinski definition) is 2. The van der Waals surface area contributed by atoms with Crippen molar-refractivity contribution in [3.8, 4) is 0 Å². The maximum atomic E-state index is 13.0. The Morgan fingerprint density at radius 3 is 2.89 bits per heavy atom. The van der Waals surface area contributed by atoms with Crippen LogP contribution in [0, 0.1) is 6.92 Å². The van der Waals surface area contributed by atoms with Crippen LogP contribution >= 0.6 is 0 Å². The molecule has 0 fully saturated rings. The topological polar surface area (TPSA) is 73.6 Å². The summed E-state index contributed by atoms with van der Waals surface area (Å²) in [6, 6.07) is 0.0871. The van der Waals surface area contributed by atoms with Crippen molar-refractivity contribution in [1.29, 1.82) is 0 Å². The quantitative estimate of drug-likeness (QED) is 0.553. The summed E-state index contributed by atoms with van der Waals surface area (Å²) in [4.78, 5) is 13.0. The van der Waals surface area contributed by atoms with Crippen molar-refractivity contribution < 1.29 is 5.11 Å². The predicted molar refractivity (Wildman–Crippen MR) is 114 cm³/mol. The van der Waals surface area contributed by atoms with Crippen molar-refractivity contribution in [3.05, 3.63) is 51.5 Å². The number of unbranched alkanes of at least 4 members (excludes halogenated alkanes) is 2. The fourth-order valence-electron chi connectivity index (χ4n) is 3.86. The van der Waals surface area contributed by atoms with Gasteiger partial charge in [-0.15, -0.1) is 0 Å². The zero-order valence-electron chi connectivity index (χ0n) is 17.2. The van der Waals surface area contributed by atoms with Gasteiger partial charge in [0.15, 0.2) is 6.23 Å². The van der Waals surface area contributed by atoms with Gasteiger partial charge in [0.1, 0.15) is 0 Å². The van der Waals surface area contributed by atoms with Gasteiger partial charge in [0, 0.05) is 17.8 Å². The van der Waals surface area contributed by atoms with Crippen molar-refractivity contribution in [2.24, 2.45) is 5.10 Å². The van der Waals surface area contributed by atoms with Gasteiger partial charge in [-0.05, 0) is 65.4 Å². The van der Waals surface area contributed by atoms with Crippen LogP contribution < -0.4 is 5.56 Å². The highest BCUT2D eigenvalue weighted by atomic mass is 16.3. The summed E-state index contributed by atoms with van der Waals surface area (Å²) >= 11 is 0. The van der Waals surface area contributed by atoms with Crippen LogP contribution in [0.2, 0.25) is 0 Å². The number of aliphatic hydroxyl groups excluding tert-OH is 1. The summed E-state index contributed by atoms with van der Waals surface area (Å²) in [6.45, 7) is 6.52. The van der Waals surface area contributed by atoms with Gasteiger partial charge in [-0.1, -0.05) is 24.3 Å². The molecule has 0 saturated carbocycles. The second-order valence-corrected chi connectivity index (χ2v) is 7.64. The maximum absolute atomic E-state index is 13.0. The van der Waals surface area contributed by atoms with Crippen LogP contribution in [0.25, 0.3) is 6.08 Å². The number of rotatable bonds is 7. The normalized spacial score (nSPS) is 23.9. The first kappa shape index (κ1) is 20.4. The van der Waals surface area contributed by atoms with Gasteiger partial charge in [-0.3, -0.25) is 14.9 Å². The van der Waals surface area contributed by atoms with E-state index in [1.54, 1.807) is 15.8 Å². The summed E-state index contributed by atoms with van der Waals surface area (Å²) in [5.41, 5.74) is 2.87. The Labute approximate surface area is 166 Å². The Kier molecular flexibility index (Phi) is 6.73. The van der Waals surface area contributed by atoms with Crippen LogP contribution in [0.4, 0.5) is 0 Å². The van der Waals surface area contributed by atoms with Crippen molar-refractivity contribution in [3.63, 3.8) is 0 Å². The number of allylic oxidation sites excluding steroid dienone is 4. The Morgan fingerprint density at radius 2 is 2.18 bits per heavy atom. The molecule has 1 aromatic rings. The van der Waals surface area contributed by atoms with Crippen LogP contribution in [0.5, 0.6) is 0 Å². The van der Waals surface area contributed by atoms with Crippen LogP contribution in [-0.2, 0) is 0 Å². The van der Waals surface area contributed by atoms with Gasteiger partial charge in [0.25, 0.3) is 5.56 Å². The molecule has 2 unspecified atom stereocenters. The number of nitrogens with zero attached hydrogens (tertiary/aromatic N) is 3. The summed E-state index contributed by atoms with van der Waals surface area (Å²) in [7, 11) is 0. The molecule has 0 amide bonds. The molecule has 1 aliphatic carbocycles. The average molecular weight is 385 g/mol. The van der Waals surface area contributed by atoms with E-state index in [2.05, 4.69) is 34.5 Å². The molecule has 0 saturated heterocycles. The molecule has 1 aromatic heterocycles. The van der Waals surface area contributed by atoms with E-state index in [0.29, 0.717) is 17.7 Å². The Hall–Kier alpha value is -2.34. The molecule has 2 N–H and O–H groups in total. The van der Waals surface area contributed by atoms with E-state index in [0.717, 1.165) is 49.9 Å². The lowest BCUT2D eigenvalue weighted by molar-refractivity contribution is 0.0491. The van der Waals surface area contributed by atoms with E-state index in [1.807, 2.05) is 20.8 Å². The van der Waals surface area contributed by atoms with Crippen molar-refractivity contribution >= 4 is 11.8 Å². The third kappa shape index (κ3) is 4.38. The molecule has 6 nitrogen and oxygen atoms in total. The molecule has 2 heterocycles. The number of aliphatic hydroxyl groups is 1. The van der Waals surface area contributed by atoms with Crippen LogP contribution in [0.1, 0.15) is 69.7 Å². The average Bonchev–Trinajstić information content (AvgIpc) is 3.13. The van der Waals surface area contributed by atoms with E-state index >= 15 is 0 Å². The second-order valence-electron chi connectivity index (χ2n) is 7.64. The molecule has 28 heavy (non-hydrogen) atoms. The van der Waals surface area contributed by atoms with Gasteiger partial charge in [0.05, 0.1) is 17.3 Å². The predicted octanol–water partition coefficient (Wildman–Crippen LogP) is 3.91. The SMILES string of the molecule is C/C=C\CCCCN1N=C(C)/C(=C/c2c(C)[nH]n(C3C=CCCC3)c2=O)C1O. The number of hydrazone groups is 1. The summed E-state index contributed by atoms with van der Waals surface area (Å²) in [5, 5.41) is 20.2. The third-order valence-corrected chi connectivity index (χ3v) is 5.50. The van der Waals surface area contributed by atoms with Crippen LogP contribution in [0.3, 0.4) is 0 Å². The molecule has 2 atom stereocenters. The van der Waals surface area contributed by atoms with E-state index in [9.17, 15) is 9.90 Å². The maximum Gasteiger partial charge on any atom is 0.274 e. The van der Waals surface area contributed by atoms with E-state index in [4.69, 9.17) is 0 Å². The summed E-state index contributed by atoms with van der Waals surface area (Å²) in [6.07, 6.45) is 15.7. The van der Waals surface area contributed by atoms with E-state index in [-0.39, 0.29) is 11.6 Å². The highest BCUT2D eigenvalue weighted by molar-refractivity contribution is 6.04. The Bertz CT molecular complexity index is 856. The summed E-state index contributed by atoms with van der Waals surface area (Å²) < 4.78 is 1.71.